The molecule has 1 aliphatic heterocycles. The minimum absolute atomic E-state index is 0.0140. The molecule has 1 atom stereocenters. The van der Waals surface area contributed by atoms with Crippen molar-refractivity contribution in [2.24, 2.45) is 0 Å². The molecular formula is C18H20N2O. The molecule has 0 spiro atoms. The van der Waals surface area contributed by atoms with Gasteiger partial charge in [-0.15, -0.1) is 0 Å². The van der Waals surface area contributed by atoms with E-state index in [9.17, 15) is 4.79 Å². The number of hydrogen-bond acceptors (Lipinski definition) is 2. The molecule has 3 nitrogen and oxygen atoms in total. The molecule has 2 N–H and O–H groups in total. The van der Waals surface area contributed by atoms with Gasteiger partial charge in [-0.3, -0.25) is 4.79 Å². The van der Waals surface area contributed by atoms with E-state index in [1.54, 1.807) is 0 Å². The van der Waals surface area contributed by atoms with Crippen LogP contribution in [0.4, 0.5) is 0 Å². The smallest absolute Gasteiger partial charge is 0.251 e. The molecule has 3 rings (SSSR count). The Hall–Kier alpha value is -2.13. The van der Waals surface area contributed by atoms with Crippen molar-refractivity contribution in [2.45, 2.75) is 19.4 Å². The fraction of sp³-hybridized carbons (Fsp3) is 0.278. The van der Waals surface area contributed by atoms with E-state index in [0.29, 0.717) is 12.1 Å². The Morgan fingerprint density at radius 1 is 1.19 bits per heavy atom. The second-order valence-electron chi connectivity index (χ2n) is 5.53. The summed E-state index contributed by atoms with van der Waals surface area (Å²) in [5.74, 6) is -0.0140. The maximum absolute atomic E-state index is 12.2. The Balaban J connectivity index is 1.66. The largest absolute Gasteiger partial charge is 0.350 e. The highest BCUT2D eigenvalue weighted by Gasteiger charge is 2.19. The Bertz CT molecular complexity index is 634. The molecule has 2 aromatic carbocycles. The highest BCUT2D eigenvalue weighted by atomic mass is 16.1. The van der Waals surface area contributed by atoms with Crippen LogP contribution in [0.15, 0.2) is 48.5 Å². The molecule has 2 aromatic rings. The first-order chi connectivity index (χ1) is 10.2. The van der Waals surface area contributed by atoms with E-state index in [2.05, 4.69) is 34.9 Å². The van der Waals surface area contributed by atoms with Crippen molar-refractivity contribution in [3.63, 3.8) is 0 Å². The SMILES string of the molecule is Cc1ccc(C(=O)NCC2NCCc3ccccc32)cc1. The summed E-state index contributed by atoms with van der Waals surface area (Å²) in [5.41, 5.74) is 4.55. The zero-order valence-electron chi connectivity index (χ0n) is 12.2. The third-order valence-corrected chi connectivity index (χ3v) is 4.00. The Labute approximate surface area is 125 Å². The van der Waals surface area contributed by atoms with Crippen molar-refractivity contribution in [3.8, 4) is 0 Å². The summed E-state index contributed by atoms with van der Waals surface area (Å²) in [6, 6.07) is 16.3. The zero-order chi connectivity index (χ0) is 14.7. The van der Waals surface area contributed by atoms with Crippen molar-refractivity contribution in [1.82, 2.24) is 10.6 Å². The van der Waals surface area contributed by atoms with Crippen LogP contribution in [0.25, 0.3) is 0 Å². The van der Waals surface area contributed by atoms with Gasteiger partial charge in [-0.1, -0.05) is 42.0 Å². The second-order valence-corrected chi connectivity index (χ2v) is 5.53. The number of benzene rings is 2. The van der Waals surface area contributed by atoms with Crippen LogP contribution in [-0.2, 0) is 6.42 Å². The van der Waals surface area contributed by atoms with Gasteiger partial charge >= 0.3 is 0 Å². The molecule has 1 amide bonds. The number of amides is 1. The van der Waals surface area contributed by atoms with Gasteiger partial charge in [0.2, 0.25) is 0 Å². The van der Waals surface area contributed by atoms with Crippen molar-refractivity contribution in [1.29, 1.82) is 0 Å². The third-order valence-electron chi connectivity index (χ3n) is 4.00. The lowest BCUT2D eigenvalue weighted by molar-refractivity contribution is 0.0949. The van der Waals surface area contributed by atoms with Gasteiger partial charge in [-0.25, -0.2) is 0 Å². The number of hydrogen-bond donors (Lipinski definition) is 2. The number of nitrogens with one attached hydrogen (secondary N) is 2. The average Bonchev–Trinajstić information content (AvgIpc) is 2.53. The Morgan fingerprint density at radius 3 is 2.76 bits per heavy atom. The van der Waals surface area contributed by atoms with Crippen LogP contribution in [0.5, 0.6) is 0 Å². The summed E-state index contributed by atoms with van der Waals surface area (Å²) in [6.07, 6.45) is 1.05. The fourth-order valence-electron chi connectivity index (χ4n) is 2.78. The van der Waals surface area contributed by atoms with Crippen molar-refractivity contribution < 1.29 is 4.79 Å². The zero-order valence-corrected chi connectivity index (χ0v) is 12.2. The third kappa shape index (κ3) is 3.14. The van der Waals surface area contributed by atoms with Gasteiger partial charge in [0.25, 0.3) is 5.91 Å². The second kappa shape index (κ2) is 6.10. The maximum atomic E-state index is 12.2. The summed E-state index contributed by atoms with van der Waals surface area (Å²) in [7, 11) is 0. The summed E-state index contributed by atoms with van der Waals surface area (Å²) >= 11 is 0. The van der Waals surface area contributed by atoms with Crippen LogP contribution in [0.1, 0.15) is 33.1 Å². The molecule has 1 aliphatic rings. The topological polar surface area (TPSA) is 41.1 Å². The van der Waals surface area contributed by atoms with Gasteiger partial charge in [0.1, 0.15) is 0 Å². The molecule has 1 unspecified atom stereocenters. The van der Waals surface area contributed by atoms with Crippen LogP contribution in [0.3, 0.4) is 0 Å². The first kappa shape index (κ1) is 13.8. The van der Waals surface area contributed by atoms with Gasteiger partial charge in [0.05, 0.1) is 0 Å². The Morgan fingerprint density at radius 2 is 1.95 bits per heavy atom. The van der Waals surface area contributed by atoms with Crippen LogP contribution in [-0.4, -0.2) is 19.0 Å². The highest BCUT2D eigenvalue weighted by Crippen LogP contribution is 2.21. The lowest BCUT2D eigenvalue weighted by atomic mass is 9.94. The van der Waals surface area contributed by atoms with E-state index in [4.69, 9.17) is 0 Å². The molecule has 108 valence electrons. The molecule has 1 heterocycles. The monoisotopic (exact) mass is 280 g/mol. The van der Waals surface area contributed by atoms with Crippen LogP contribution < -0.4 is 10.6 Å². The molecule has 0 radical (unpaired) electrons. The van der Waals surface area contributed by atoms with E-state index in [0.717, 1.165) is 18.5 Å². The van der Waals surface area contributed by atoms with Gasteiger partial charge in [0.15, 0.2) is 0 Å². The quantitative estimate of drug-likeness (QED) is 0.907. The molecule has 0 fully saturated rings. The first-order valence-electron chi connectivity index (χ1n) is 7.40. The molecule has 0 bridgehead atoms. The summed E-state index contributed by atoms with van der Waals surface area (Å²) in [4.78, 5) is 12.2. The minimum atomic E-state index is -0.0140. The van der Waals surface area contributed by atoms with E-state index in [-0.39, 0.29) is 11.9 Å². The average molecular weight is 280 g/mol. The lowest BCUT2D eigenvalue weighted by Crippen LogP contribution is -2.38. The number of aryl methyl sites for hydroxylation is 1. The summed E-state index contributed by atoms with van der Waals surface area (Å²) < 4.78 is 0. The molecule has 0 aromatic heterocycles. The lowest BCUT2D eigenvalue weighted by Gasteiger charge is -2.27. The van der Waals surface area contributed by atoms with Gasteiger partial charge in [0, 0.05) is 18.2 Å². The molecule has 3 heteroatoms. The maximum Gasteiger partial charge on any atom is 0.251 e. The summed E-state index contributed by atoms with van der Waals surface area (Å²) in [6.45, 7) is 3.59. The predicted octanol–water partition coefficient (Wildman–Crippen LogP) is 2.61. The summed E-state index contributed by atoms with van der Waals surface area (Å²) in [5, 5.41) is 6.50. The van der Waals surface area contributed by atoms with Crippen molar-refractivity contribution in [2.75, 3.05) is 13.1 Å². The molecular weight excluding hydrogens is 260 g/mol. The van der Waals surface area contributed by atoms with Crippen LogP contribution >= 0.6 is 0 Å². The van der Waals surface area contributed by atoms with Gasteiger partial charge < -0.3 is 10.6 Å². The predicted molar refractivity (Wildman–Crippen MR) is 84.4 cm³/mol. The van der Waals surface area contributed by atoms with Crippen molar-refractivity contribution in [3.05, 3.63) is 70.8 Å². The molecule has 0 saturated carbocycles. The fourth-order valence-corrected chi connectivity index (χ4v) is 2.78. The van der Waals surface area contributed by atoms with E-state index in [1.165, 1.54) is 11.1 Å². The van der Waals surface area contributed by atoms with Crippen LogP contribution in [0, 0.1) is 6.92 Å². The normalized spacial score (nSPS) is 17.1. The van der Waals surface area contributed by atoms with E-state index < -0.39 is 0 Å². The highest BCUT2D eigenvalue weighted by molar-refractivity contribution is 5.94. The van der Waals surface area contributed by atoms with E-state index >= 15 is 0 Å². The number of carbonyl (C=O) groups is 1. The van der Waals surface area contributed by atoms with E-state index in [1.807, 2.05) is 31.2 Å². The molecule has 0 saturated heterocycles. The van der Waals surface area contributed by atoms with Crippen LogP contribution in [0.2, 0.25) is 0 Å². The van der Waals surface area contributed by atoms with Crippen molar-refractivity contribution >= 4 is 5.91 Å². The Kier molecular flexibility index (Phi) is 4.02. The molecule has 0 aliphatic carbocycles. The molecule has 21 heavy (non-hydrogen) atoms. The standard InChI is InChI=1S/C18H20N2O/c1-13-6-8-15(9-7-13)18(21)20-12-17-16-5-3-2-4-14(16)10-11-19-17/h2-9,17,19H,10-12H2,1H3,(H,20,21). The van der Waals surface area contributed by atoms with Gasteiger partial charge in [-0.2, -0.15) is 0 Å². The number of carbonyl (C=O) groups excluding carboxylic acids is 1. The number of fused-ring (bicyclic) bond motifs is 1. The minimum Gasteiger partial charge on any atom is -0.350 e. The first-order valence-corrected chi connectivity index (χ1v) is 7.40. The van der Waals surface area contributed by atoms with Gasteiger partial charge in [-0.05, 0) is 43.1 Å². The number of rotatable bonds is 3.